The van der Waals surface area contributed by atoms with Crippen LogP contribution in [0.5, 0.6) is 0 Å². The zero-order valence-electron chi connectivity index (χ0n) is 11.2. The molecule has 1 aliphatic heterocycles. The molecule has 16 heavy (non-hydrogen) atoms. The van der Waals surface area contributed by atoms with Crippen LogP contribution in [-0.4, -0.2) is 47.6 Å². The van der Waals surface area contributed by atoms with Crippen molar-refractivity contribution in [3.05, 3.63) is 0 Å². The molecule has 94 valence electrons. The van der Waals surface area contributed by atoms with Gasteiger partial charge in [-0.1, -0.05) is 0 Å². The first-order chi connectivity index (χ1) is 7.48. The molecule has 2 rings (SSSR count). The van der Waals surface area contributed by atoms with Crippen molar-refractivity contribution in [1.29, 1.82) is 0 Å². The lowest BCUT2D eigenvalue weighted by Crippen LogP contribution is -2.68. The normalized spacial score (nSPS) is 35.2. The fourth-order valence-electron chi connectivity index (χ4n) is 2.89. The average molecular weight is 242 g/mol. The molecule has 2 nitrogen and oxygen atoms in total. The monoisotopic (exact) mass is 242 g/mol. The third-order valence-electron chi connectivity index (χ3n) is 4.26. The van der Waals surface area contributed by atoms with E-state index in [-0.39, 0.29) is 5.54 Å². The maximum absolute atomic E-state index is 3.73. The predicted molar refractivity (Wildman–Crippen MR) is 73.2 cm³/mol. The molecule has 2 aliphatic rings. The van der Waals surface area contributed by atoms with Gasteiger partial charge in [-0.3, -0.25) is 4.90 Å². The predicted octanol–water partition coefficient (Wildman–Crippen LogP) is 2.20. The van der Waals surface area contributed by atoms with Crippen molar-refractivity contribution in [3.8, 4) is 0 Å². The van der Waals surface area contributed by atoms with E-state index < -0.39 is 0 Å². The molecular formula is C13H26N2S. The molecule has 1 unspecified atom stereocenters. The second kappa shape index (κ2) is 4.51. The molecule has 0 aromatic rings. The van der Waals surface area contributed by atoms with E-state index in [9.17, 15) is 0 Å². The quantitative estimate of drug-likeness (QED) is 0.814. The van der Waals surface area contributed by atoms with Gasteiger partial charge in [-0.05, 0) is 45.8 Å². The van der Waals surface area contributed by atoms with Gasteiger partial charge < -0.3 is 5.32 Å². The highest BCUT2D eigenvalue weighted by molar-refractivity contribution is 7.98. The fourth-order valence-corrected chi connectivity index (χ4v) is 3.29. The Morgan fingerprint density at radius 2 is 2.00 bits per heavy atom. The van der Waals surface area contributed by atoms with E-state index in [1.54, 1.807) is 0 Å². The summed E-state index contributed by atoms with van der Waals surface area (Å²) in [6.07, 6.45) is 5.09. The average Bonchev–Trinajstić information content (AvgIpc) is 3.03. The van der Waals surface area contributed by atoms with Crippen LogP contribution in [0.4, 0.5) is 0 Å². The molecule has 0 radical (unpaired) electrons. The third-order valence-corrected chi connectivity index (χ3v) is 4.85. The maximum Gasteiger partial charge on any atom is 0.0335 e. The van der Waals surface area contributed by atoms with Gasteiger partial charge >= 0.3 is 0 Å². The van der Waals surface area contributed by atoms with Crippen molar-refractivity contribution in [1.82, 2.24) is 10.2 Å². The van der Waals surface area contributed by atoms with Crippen LogP contribution in [0.3, 0.4) is 0 Å². The van der Waals surface area contributed by atoms with Crippen LogP contribution in [0.15, 0.2) is 0 Å². The van der Waals surface area contributed by atoms with Crippen LogP contribution in [0.1, 0.15) is 33.6 Å². The molecule has 1 atom stereocenters. The van der Waals surface area contributed by atoms with Crippen LogP contribution in [0.2, 0.25) is 0 Å². The van der Waals surface area contributed by atoms with E-state index in [0.29, 0.717) is 5.54 Å². The van der Waals surface area contributed by atoms with Crippen LogP contribution in [0.25, 0.3) is 0 Å². The molecule has 1 saturated heterocycles. The summed E-state index contributed by atoms with van der Waals surface area (Å²) < 4.78 is 0. The third kappa shape index (κ3) is 2.57. The molecular weight excluding hydrogens is 216 g/mol. The van der Waals surface area contributed by atoms with Crippen LogP contribution < -0.4 is 5.32 Å². The van der Waals surface area contributed by atoms with Crippen molar-refractivity contribution < 1.29 is 0 Å². The number of nitrogens with zero attached hydrogens (tertiary/aromatic N) is 1. The van der Waals surface area contributed by atoms with E-state index in [1.807, 2.05) is 11.8 Å². The number of piperazine rings is 1. The first kappa shape index (κ1) is 12.7. The Bertz CT molecular complexity index is 250. The summed E-state index contributed by atoms with van der Waals surface area (Å²) in [5.74, 6) is 2.20. The van der Waals surface area contributed by atoms with Gasteiger partial charge in [-0.25, -0.2) is 0 Å². The number of hydrogen-bond acceptors (Lipinski definition) is 3. The van der Waals surface area contributed by atoms with Crippen molar-refractivity contribution in [2.75, 3.05) is 31.6 Å². The highest BCUT2D eigenvalue weighted by Gasteiger charge is 2.49. The zero-order valence-corrected chi connectivity index (χ0v) is 12.0. The molecule has 0 bridgehead atoms. The molecule has 1 saturated carbocycles. The second-order valence-electron chi connectivity index (χ2n) is 6.28. The molecule has 1 N–H and O–H groups in total. The summed E-state index contributed by atoms with van der Waals surface area (Å²) in [5.41, 5.74) is 0.706. The zero-order chi connectivity index (χ0) is 11.8. The lowest BCUT2D eigenvalue weighted by Gasteiger charge is -2.52. The smallest absolute Gasteiger partial charge is 0.0335 e. The molecule has 1 aliphatic carbocycles. The van der Waals surface area contributed by atoms with Crippen LogP contribution in [-0.2, 0) is 0 Å². The largest absolute Gasteiger partial charge is 0.309 e. The van der Waals surface area contributed by atoms with Crippen LogP contribution in [0, 0.1) is 5.92 Å². The molecule has 0 amide bonds. The van der Waals surface area contributed by atoms with E-state index in [0.717, 1.165) is 5.92 Å². The highest BCUT2D eigenvalue weighted by Crippen LogP contribution is 2.44. The van der Waals surface area contributed by atoms with Gasteiger partial charge in [0, 0.05) is 36.5 Å². The van der Waals surface area contributed by atoms with E-state index in [1.165, 1.54) is 38.2 Å². The molecule has 0 aromatic carbocycles. The van der Waals surface area contributed by atoms with E-state index in [4.69, 9.17) is 0 Å². The summed E-state index contributed by atoms with van der Waals surface area (Å²) in [5, 5.41) is 3.73. The Kier molecular flexibility index (Phi) is 3.58. The standard InChI is InChI=1S/C13H26N2S/c1-12(2)10-15(7-8-16-4)13(3,9-14-12)11-5-6-11/h11,14H,5-10H2,1-4H3. The van der Waals surface area contributed by atoms with Gasteiger partial charge in [0.15, 0.2) is 0 Å². The van der Waals surface area contributed by atoms with Crippen molar-refractivity contribution in [3.63, 3.8) is 0 Å². The SMILES string of the molecule is CSCCN1CC(C)(C)NCC1(C)C1CC1. The van der Waals surface area contributed by atoms with Crippen molar-refractivity contribution >= 4 is 11.8 Å². The molecule has 0 aromatic heterocycles. The Hall–Kier alpha value is 0.270. The van der Waals surface area contributed by atoms with Gasteiger partial charge in [-0.15, -0.1) is 0 Å². The first-order valence-electron chi connectivity index (χ1n) is 6.47. The molecule has 2 fully saturated rings. The maximum atomic E-state index is 3.73. The number of rotatable bonds is 4. The van der Waals surface area contributed by atoms with Gasteiger partial charge in [0.1, 0.15) is 0 Å². The number of thioether (sulfide) groups is 1. The lowest BCUT2D eigenvalue weighted by atomic mass is 9.86. The van der Waals surface area contributed by atoms with Gasteiger partial charge in [-0.2, -0.15) is 11.8 Å². The summed E-state index contributed by atoms with van der Waals surface area (Å²) in [6.45, 7) is 10.7. The Labute approximate surface area is 105 Å². The Morgan fingerprint density at radius 3 is 2.56 bits per heavy atom. The number of hydrogen-bond donors (Lipinski definition) is 1. The van der Waals surface area contributed by atoms with Gasteiger partial charge in [0.05, 0.1) is 0 Å². The minimum Gasteiger partial charge on any atom is -0.309 e. The van der Waals surface area contributed by atoms with Gasteiger partial charge in [0.2, 0.25) is 0 Å². The summed E-state index contributed by atoms with van der Waals surface area (Å²) in [4.78, 5) is 2.75. The minimum absolute atomic E-state index is 0.285. The molecule has 0 spiro atoms. The minimum atomic E-state index is 0.285. The van der Waals surface area contributed by atoms with E-state index >= 15 is 0 Å². The Morgan fingerprint density at radius 1 is 1.31 bits per heavy atom. The van der Waals surface area contributed by atoms with Crippen molar-refractivity contribution in [2.24, 2.45) is 5.92 Å². The second-order valence-corrected chi connectivity index (χ2v) is 7.27. The summed E-state index contributed by atoms with van der Waals surface area (Å²) >= 11 is 1.97. The lowest BCUT2D eigenvalue weighted by molar-refractivity contribution is 0.0173. The first-order valence-corrected chi connectivity index (χ1v) is 7.86. The summed E-state index contributed by atoms with van der Waals surface area (Å²) in [6, 6.07) is 0. The molecule has 1 heterocycles. The Balaban J connectivity index is 2.05. The van der Waals surface area contributed by atoms with E-state index in [2.05, 4.69) is 37.2 Å². The highest BCUT2D eigenvalue weighted by atomic mass is 32.2. The topological polar surface area (TPSA) is 15.3 Å². The fraction of sp³-hybridized carbons (Fsp3) is 1.00. The summed E-state index contributed by atoms with van der Waals surface area (Å²) in [7, 11) is 0. The van der Waals surface area contributed by atoms with Crippen LogP contribution >= 0.6 is 11.8 Å². The number of nitrogens with one attached hydrogen (secondary N) is 1. The van der Waals surface area contributed by atoms with Crippen molar-refractivity contribution in [2.45, 2.75) is 44.7 Å². The van der Waals surface area contributed by atoms with Gasteiger partial charge in [0.25, 0.3) is 0 Å². The molecule has 3 heteroatoms.